The minimum absolute atomic E-state index is 0.182. The molecule has 2 rings (SSSR count). The molecule has 0 bridgehead atoms. The van der Waals surface area contributed by atoms with Gasteiger partial charge >= 0.3 is 0 Å². The zero-order chi connectivity index (χ0) is 13.2. The molecule has 0 spiro atoms. The molecule has 0 aromatic carbocycles. The predicted octanol–water partition coefficient (Wildman–Crippen LogP) is 0.249. The quantitative estimate of drug-likeness (QED) is 0.823. The molecule has 1 aromatic heterocycles. The molecular formula is C11H19N3O3S. The van der Waals surface area contributed by atoms with Crippen LogP contribution in [-0.2, 0) is 17.1 Å². The second-order valence-electron chi connectivity index (χ2n) is 4.89. The van der Waals surface area contributed by atoms with Crippen molar-refractivity contribution in [2.45, 2.75) is 36.7 Å². The highest BCUT2D eigenvalue weighted by Gasteiger charge is 2.23. The zero-order valence-corrected chi connectivity index (χ0v) is 11.2. The van der Waals surface area contributed by atoms with Gasteiger partial charge in [0.25, 0.3) is 0 Å². The summed E-state index contributed by atoms with van der Waals surface area (Å²) in [6, 6.07) is 0. The number of aliphatic hydroxyl groups excluding tert-OH is 1. The molecule has 18 heavy (non-hydrogen) atoms. The van der Waals surface area contributed by atoms with E-state index in [0.717, 1.165) is 19.3 Å². The van der Waals surface area contributed by atoms with E-state index in [4.69, 9.17) is 0 Å². The van der Waals surface area contributed by atoms with Crippen LogP contribution in [0, 0.1) is 5.92 Å². The average molecular weight is 273 g/mol. The Kier molecular flexibility index (Phi) is 4.04. The molecule has 2 N–H and O–H groups in total. The smallest absolute Gasteiger partial charge is 0.243 e. The van der Waals surface area contributed by atoms with E-state index in [1.54, 1.807) is 7.05 Å². The molecular weight excluding hydrogens is 254 g/mol. The molecule has 102 valence electrons. The third-order valence-electron chi connectivity index (χ3n) is 3.31. The molecule has 0 saturated heterocycles. The van der Waals surface area contributed by atoms with E-state index in [0.29, 0.717) is 13.0 Å². The van der Waals surface area contributed by atoms with Gasteiger partial charge in [-0.15, -0.1) is 0 Å². The van der Waals surface area contributed by atoms with Gasteiger partial charge in [-0.3, -0.25) is 4.68 Å². The average Bonchev–Trinajstić information content (AvgIpc) is 2.74. The molecule has 0 amide bonds. The Balaban J connectivity index is 1.93. The highest BCUT2D eigenvalue weighted by Crippen LogP contribution is 2.23. The first kappa shape index (κ1) is 13.5. The Morgan fingerprint density at radius 3 is 2.94 bits per heavy atom. The van der Waals surface area contributed by atoms with Crippen LogP contribution in [-0.4, -0.2) is 36.0 Å². The van der Waals surface area contributed by atoms with Gasteiger partial charge in [0.2, 0.25) is 10.0 Å². The van der Waals surface area contributed by atoms with Crippen LogP contribution < -0.4 is 4.72 Å². The van der Waals surface area contributed by atoms with Gasteiger partial charge in [0.1, 0.15) is 4.90 Å². The zero-order valence-electron chi connectivity index (χ0n) is 10.4. The third kappa shape index (κ3) is 3.30. The minimum Gasteiger partial charge on any atom is -0.393 e. The second kappa shape index (κ2) is 5.38. The first-order valence-corrected chi connectivity index (χ1v) is 7.62. The molecule has 7 heteroatoms. The van der Waals surface area contributed by atoms with E-state index in [2.05, 4.69) is 9.82 Å². The van der Waals surface area contributed by atoms with Crippen molar-refractivity contribution in [2.75, 3.05) is 6.54 Å². The number of hydrogen-bond donors (Lipinski definition) is 2. The van der Waals surface area contributed by atoms with E-state index < -0.39 is 10.0 Å². The molecule has 1 aromatic rings. The lowest BCUT2D eigenvalue weighted by Crippen LogP contribution is -2.32. The Morgan fingerprint density at radius 1 is 1.56 bits per heavy atom. The SMILES string of the molecule is Cn1cc(S(=O)(=O)NCC2CCCC(O)C2)cn1. The largest absolute Gasteiger partial charge is 0.393 e. The normalized spacial score (nSPS) is 25.2. The van der Waals surface area contributed by atoms with Crippen LogP contribution >= 0.6 is 0 Å². The Hall–Kier alpha value is -0.920. The van der Waals surface area contributed by atoms with Crippen LogP contribution in [0.3, 0.4) is 0 Å². The van der Waals surface area contributed by atoms with Crippen LogP contribution in [0.4, 0.5) is 0 Å². The first-order chi connectivity index (χ1) is 8.47. The van der Waals surface area contributed by atoms with Gasteiger partial charge < -0.3 is 5.11 Å². The summed E-state index contributed by atoms with van der Waals surface area (Å²) in [5.74, 6) is 0.222. The third-order valence-corrected chi connectivity index (χ3v) is 4.69. The fourth-order valence-corrected chi connectivity index (χ4v) is 3.40. The highest BCUT2D eigenvalue weighted by molar-refractivity contribution is 7.89. The van der Waals surface area contributed by atoms with Crippen LogP contribution in [0.1, 0.15) is 25.7 Å². The summed E-state index contributed by atoms with van der Waals surface area (Å²) < 4.78 is 27.9. The predicted molar refractivity (Wildman–Crippen MR) is 66.4 cm³/mol. The maximum atomic E-state index is 11.9. The summed E-state index contributed by atoms with van der Waals surface area (Å²) in [4.78, 5) is 0.182. The Morgan fingerprint density at radius 2 is 2.33 bits per heavy atom. The van der Waals surface area contributed by atoms with Crippen molar-refractivity contribution in [2.24, 2.45) is 13.0 Å². The fourth-order valence-electron chi connectivity index (χ4n) is 2.30. The van der Waals surface area contributed by atoms with Crippen molar-refractivity contribution in [3.63, 3.8) is 0 Å². The van der Waals surface area contributed by atoms with Gasteiger partial charge in [-0.05, 0) is 25.2 Å². The summed E-state index contributed by atoms with van der Waals surface area (Å²) >= 11 is 0. The van der Waals surface area contributed by atoms with Crippen LogP contribution in [0.15, 0.2) is 17.3 Å². The lowest BCUT2D eigenvalue weighted by atomic mass is 9.87. The summed E-state index contributed by atoms with van der Waals surface area (Å²) in [5.41, 5.74) is 0. The van der Waals surface area contributed by atoms with Gasteiger partial charge in [0.15, 0.2) is 0 Å². The van der Waals surface area contributed by atoms with Gasteiger partial charge in [-0.25, -0.2) is 13.1 Å². The number of aliphatic hydroxyl groups is 1. The van der Waals surface area contributed by atoms with Crippen LogP contribution in [0.5, 0.6) is 0 Å². The lowest BCUT2D eigenvalue weighted by molar-refractivity contribution is 0.102. The van der Waals surface area contributed by atoms with Gasteiger partial charge in [-0.2, -0.15) is 5.10 Å². The highest BCUT2D eigenvalue weighted by atomic mass is 32.2. The van der Waals surface area contributed by atoms with Crippen molar-refractivity contribution >= 4 is 10.0 Å². The topological polar surface area (TPSA) is 84.2 Å². The Bertz CT molecular complexity index is 497. The van der Waals surface area contributed by atoms with Crippen LogP contribution in [0.25, 0.3) is 0 Å². The Labute approximate surface area is 107 Å². The summed E-state index contributed by atoms with van der Waals surface area (Å²) in [5, 5.41) is 13.4. The van der Waals surface area contributed by atoms with Crippen molar-refractivity contribution in [1.82, 2.24) is 14.5 Å². The number of sulfonamides is 1. The van der Waals surface area contributed by atoms with E-state index in [1.807, 2.05) is 0 Å². The second-order valence-corrected chi connectivity index (χ2v) is 6.66. The number of nitrogens with one attached hydrogen (secondary N) is 1. The number of rotatable bonds is 4. The molecule has 0 aliphatic heterocycles. The number of aryl methyl sites for hydroxylation is 1. The summed E-state index contributed by atoms with van der Waals surface area (Å²) in [7, 11) is -1.79. The van der Waals surface area contributed by atoms with Gasteiger partial charge in [0.05, 0.1) is 12.3 Å². The molecule has 6 nitrogen and oxygen atoms in total. The molecule has 1 heterocycles. The van der Waals surface area contributed by atoms with Gasteiger partial charge in [0, 0.05) is 19.8 Å². The summed E-state index contributed by atoms with van der Waals surface area (Å²) in [6.07, 6.45) is 5.94. The standard InChI is InChI=1S/C11H19N3O3S/c1-14-8-11(7-12-14)18(16,17)13-6-9-3-2-4-10(15)5-9/h7-10,13,15H,2-6H2,1H3. The molecule has 1 aliphatic carbocycles. The first-order valence-electron chi connectivity index (χ1n) is 6.14. The van der Waals surface area contributed by atoms with E-state index in [9.17, 15) is 13.5 Å². The molecule has 0 radical (unpaired) electrons. The molecule has 1 aliphatic rings. The molecule has 2 unspecified atom stereocenters. The maximum Gasteiger partial charge on any atom is 0.243 e. The van der Waals surface area contributed by atoms with E-state index in [-0.39, 0.29) is 16.9 Å². The lowest BCUT2D eigenvalue weighted by Gasteiger charge is -2.25. The van der Waals surface area contributed by atoms with Crippen LogP contribution in [0.2, 0.25) is 0 Å². The van der Waals surface area contributed by atoms with Crippen molar-refractivity contribution in [3.05, 3.63) is 12.4 Å². The van der Waals surface area contributed by atoms with Crippen molar-refractivity contribution in [3.8, 4) is 0 Å². The number of hydrogen-bond acceptors (Lipinski definition) is 4. The van der Waals surface area contributed by atoms with E-state index >= 15 is 0 Å². The fraction of sp³-hybridized carbons (Fsp3) is 0.727. The number of aromatic nitrogens is 2. The molecule has 1 saturated carbocycles. The minimum atomic E-state index is -3.47. The molecule has 1 fully saturated rings. The van der Waals surface area contributed by atoms with E-state index in [1.165, 1.54) is 17.1 Å². The van der Waals surface area contributed by atoms with Gasteiger partial charge in [-0.1, -0.05) is 6.42 Å². The summed E-state index contributed by atoms with van der Waals surface area (Å²) in [6.45, 7) is 0.383. The maximum absolute atomic E-state index is 11.9. The number of nitrogens with zero attached hydrogens (tertiary/aromatic N) is 2. The monoisotopic (exact) mass is 273 g/mol. The molecule has 2 atom stereocenters. The van der Waals surface area contributed by atoms with Crippen molar-refractivity contribution in [1.29, 1.82) is 0 Å². The van der Waals surface area contributed by atoms with Crippen molar-refractivity contribution < 1.29 is 13.5 Å².